The number of hydrogen-bond acceptors (Lipinski definition) is 7. The number of carbonyl (C=O) groups excluding carboxylic acids is 2. The van der Waals surface area contributed by atoms with Gasteiger partial charge in [0.15, 0.2) is 6.10 Å². The van der Waals surface area contributed by atoms with Crippen LogP contribution in [0.25, 0.3) is 0 Å². The highest BCUT2D eigenvalue weighted by Gasteiger charge is 2.27. The molecular weight excluding hydrogens is 1110 g/mol. The monoisotopic (exact) mass is 1240 g/mol. The zero-order chi connectivity index (χ0) is 64.1. The molecule has 10 heteroatoms. The van der Waals surface area contributed by atoms with Crippen LogP contribution in [-0.2, 0) is 32.7 Å². The van der Waals surface area contributed by atoms with Crippen molar-refractivity contribution >= 4 is 19.8 Å². The summed E-state index contributed by atoms with van der Waals surface area (Å²) in [6, 6.07) is 0. The lowest BCUT2D eigenvalue weighted by Gasteiger charge is -2.24. The van der Waals surface area contributed by atoms with Crippen molar-refractivity contribution in [3.8, 4) is 0 Å². The fourth-order valence-electron chi connectivity index (χ4n) is 9.50. The van der Waals surface area contributed by atoms with E-state index in [1.165, 1.54) is 128 Å². The van der Waals surface area contributed by atoms with Gasteiger partial charge in [-0.05, 0) is 116 Å². The molecule has 0 aromatic heterocycles. The summed E-state index contributed by atoms with van der Waals surface area (Å²) < 4.78 is 34.7. The zero-order valence-corrected chi connectivity index (χ0v) is 58.1. The smallest absolute Gasteiger partial charge is 0.462 e. The largest absolute Gasteiger partial charge is 0.472 e. The van der Waals surface area contributed by atoms with Crippen molar-refractivity contribution in [1.29, 1.82) is 0 Å². The van der Waals surface area contributed by atoms with E-state index >= 15 is 0 Å². The fourth-order valence-corrected chi connectivity index (χ4v) is 10.2. The van der Waals surface area contributed by atoms with E-state index in [-0.39, 0.29) is 32.0 Å². The van der Waals surface area contributed by atoms with Crippen LogP contribution in [0.2, 0.25) is 0 Å². The molecule has 0 bridgehead atoms. The Balaban J connectivity index is 4.03. The molecule has 0 aliphatic carbocycles. The van der Waals surface area contributed by atoms with E-state index in [0.717, 1.165) is 122 Å². The molecule has 0 spiro atoms. The highest BCUT2D eigenvalue weighted by atomic mass is 31.2. The number of allylic oxidation sites excluding steroid dienone is 24. The third-order valence-corrected chi connectivity index (χ3v) is 15.8. The second-order valence-electron chi connectivity index (χ2n) is 24.5. The molecule has 88 heavy (non-hydrogen) atoms. The van der Waals surface area contributed by atoms with Crippen LogP contribution in [0.1, 0.15) is 284 Å². The number of likely N-dealkylation sites (N-methyl/N-ethyl adjacent to an activating group) is 1. The minimum Gasteiger partial charge on any atom is -0.462 e. The molecule has 0 amide bonds. The van der Waals surface area contributed by atoms with Gasteiger partial charge in [-0.1, -0.05) is 301 Å². The number of nitrogens with zero attached hydrogens (tertiary/aromatic N) is 1. The highest BCUT2D eigenvalue weighted by molar-refractivity contribution is 7.47. The quantitative estimate of drug-likeness (QED) is 0.0211. The van der Waals surface area contributed by atoms with Crippen LogP contribution >= 0.6 is 7.82 Å². The lowest BCUT2D eigenvalue weighted by Crippen LogP contribution is -2.37. The number of carbonyl (C=O) groups is 2. The van der Waals surface area contributed by atoms with Crippen LogP contribution in [0.4, 0.5) is 0 Å². The maximum Gasteiger partial charge on any atom is 0.472 e. The first-order valence-corrected chi connectivity index (χ1v) is 37.1. The van der Waals surface area contributed by atoms with E-state index in [1.54, 1.807) is 0 Å². The second kappa shape index (κ2) is 67.3. The van der Waals surface area contributed by atoms with Crippen molar-refractivity contribution in [1.82, 2.24) is 0 Å². The van der Waals surface area contributed by atoms with Crippen molar-refractivity contribution in [2.24, 2.45) is 0 Å². The Labute approximate surface area is 542 Å². The minimum atomic E-state index is -4.40. The predicted molar refractivity (Wildman–Crippen MR) is 380 cm³/mol. The van der Waals surface area contributed by atoms with E-state index in [4.69, 9.17) is 18.5 Å². The summed E-state index contributed by atoms with van der Waals surface area (Å²) in [7, 11) is 1.47. The van der Waals surface area contributed by atoms with Crippen LogP contribution in [0.3, 0.4) is 0 Å². The van der Waals surface area contributed by atoms with Gasteiger partial charge in [0.25, 0.3) is 0 Å². The van der Waals surface area contributed by atoms with Crippen molar-refractivity contribution in [2.45, 2.75) is 290 Å². The van der Waals surface area contributed by atoms with Crippen molar-refractivity contribution in [2.75, 3.05) is 47.5 Å². The van der Waals surface area contributed by atoms with Crippen LogP contribution < -0.4 is 0 Å². The zero-order valence-electron chi connectivity index (χ0n) is 57.2. The number of phosphoric acid groups is 1. The lowest BCUT2D eigenvalue weighted by atomic mass is 10.0. The normalized spacial score (nSPS) is 14.0. The van der Waals surface area contributed by atoms with Crippen LogP contribution in [-0.4, -0.2) is 74.9 Å². The average molecular weight is 1240 g/mol. The van der Waals surface area contributed by atoms with E-state index in [9.17, 15) is 19.0 Å². The van der Waals surface area contributed by atoms with Crippen LogP contribution in [0, 0.1) is 0 Å². The molecule has 0 heterocycles. The summed E-state index contributed by atoms with van der Waals surface area (Å²) in [6.45, 7) is 4.21. The van der Waals surface area contributed by atoms with Gasteiger partial charge < -0.3 is 18.9 Å². The molecule has 502 valence electrons. The molecule has 0 fully saturated rings. The van der Waals surface area contributed by atoms with Crippen molar-refractivity contribution < 1.29 is 42.1 Å². The molecule has 0 aromatic carbocycles. The minimum absolute atomic E-state index is 0.0259. The Hall–Kier alpha value is -4.11. The van der Waals surface area contributed by atoms with Gasteiger partial charge in [-0.2, -0.15) is 0 Å². The number of quaternary nitrogens is 1. The SMILES string of the molecule is CC/C=C\C/C=C\C/C=C\C/C=C\C/C=C\C/C=C\C/C=C\C/C=C\CCCCCCCCCCCCCCCCCCC(=O)OC(COC(=O)CCCCCCCCCCCC/C=C\C/C=C\C/C=C\C/C=C\CC)COP(=O)(O)OCC[N+](C)(C)C. The first kappa shape index (κ1) is 83.9. The molecule has 0 saturated heterocycles. The van der Waals surface area contributed by atoms with Crippen LogP contribution in [0.15, 0.2) is 146 Å². The van der Waals surface area contributed by atoms with Gasteiger partial charge in [0.2, 0.25) is 0 Å². The van der Waals surface area contributed by atoms with Gasteiger partial charge in [0.1, 0.15) is 19.8 Å². The van der Waals surface area contributed by atoms with Crippen molar-refractivity contribution in [3.05, 3.63) is 146 Å². The number of phosphoric ester groups is 1. The maximum absolute atomic E-state index is 12.9. The summed E-state index contributed by atoms with van der Waals surface area (Å²) >= 11 is 0. The topological polar surface area (TPSA) is 108 Å². The maximum atomic E-state index is 12.9. The lowest BCUT2D eigenvalue weighted by molar-refractivity contribution is -0.870. The molecule has 2 atom stereocenters. The highest BCUT2D eigenvalue weighted by Crippen LogP contribution is 2.43. The predicted octanol–water partition coefficient (Wildman–Crippen LogP) is 23.4. The number of unbranched alkanes of at least 4 members (excludes halogenated alkanes) is 26. The van der Waals surface area contributed by atoms with Gasteiger partial charge in [0.05, 0.1) is 27.7 Å². The molecular formula is C78H133NO8P+. The van der Waals surface area contributed by atoms with Gasteiger partial charge in [-0.25, -0.2) is 4.57 Å². The number of ether oxygens (including phenoxy) is 2. The Bertz CT molecular complexity index is 2000. The molecule has 0 aliphatic rings. The fraction of sp³-hybridized carbons (Fsp3) is 0.667. The molecule has 2 unspecified atom stereocenters. The molecule has 0 rings (SSSR count). The van der Waals surface area contributed by atoms with E-state index in [2.05, 4.69) is 160 Å². The number of hydrogen-bond donors (Lipinski definition) is 1. The molecule has 0 aliphatic heterocycles. The summed E-state index contributed by atoms with van der Waals surface area (Å²) in [5, 5.41) is 0. The first-order valence-electron chi connectivity index (χ1n) is 35.6. The Morgan fingerprint density at radius 2 is 0.614 bits per heavy atom. The van der Waals surface area contributed by atoms with Gasteiger partial charge in [-0.3, -0.25) is 18.6 Å². The summed E-state index contributed by atoms with van der Waals surface area (Å²) in [6.07, 6.45) is 99.5. The third-order valence-electron chi connectivity index (χ3n) is 14.9. The summed E-state index contributed by atoms with van der Waals surface area (Å²) in [4.78, 5) is 35.9. The Morgan fingerprint density at radius 1 is 0.352 bits per heavy atom. The first-order chi connectivity index (χ1) is 43.0. The number of rotatable bonds is 64. The summed E-state index contributed by atoms with van der Waals surface area (Å²) in [5.74, 6) is -0.802. The van der Waals surface area contributed by atoms with E-state index < -0.39 is 26.5 Å². The second-order valence-corrected chi connectivity index (χ2v) is 26.0. The summed E-state index contributed by atoms with van der Waals surface area (Å²) in [5.41, 5.74) is 0. The Kier molecular flexibility index (Phi) is 64.1. The van der Waals surface area contributed by atoms with Gasteiger partial charge in [0, 0.05) is 12.8 Å². The molecule has 9 nitrogen and oxygen atoms in total. The van der Waals surface area contributed by atoms with Crippen LogP contribution in [0.5, 0.6) is 0 Å². The van der Waals surface area contributed by atoms with E-state index in [1.807, 2.05) is 21.1 Å². The van der Waals surface area contributed by atoms with Crippen molar-refractivity contribution in [3.63, 3.8) is 0 Å². The third kappa shape index (κ3) is 71.0. The molecule has 1 N–H and O–H groups in total. The Morgan fingerprint density at radius 3 is 0.909 bits per heavy atom. The molecule has 0 aromatic rings. The van der Waals surface area contributed by atoms with Gasteiger partial charge >= 0.3 is 19.8 Å². The standard InChI is InChI=1S/C78H132NO8P/c1-6-8-10-12-14-16-18-20-22-24-26-28-30-31-32-33-34-35-36-37-38-39-40-41-42-43-44-45-46-47-49-51-53-55-57-59-61-63-65-67-69-71-78(81)87-76(75-86-88(82,83)85-73-72-79(3,4)5)74-84-77(80)70-68-66-64-62-60-58-56-54-52-50-48-29-27-25-23-21-19-17-15-13-11-9-7-2/h8-11,14-17,20-23,26-29,31-32,34-35,37-38,40-41,76H,6-7,12-13,18-19,24-25,30,33,36,39,42-75H2,1-5H3/p+1/b10-8-,11-9-,16-14-,17-15-,22-20-,23-21-,28-26-,29-27-,32-31-,35-34-,38-37-,41-40-. The molecule has 0 saturated carbocycles. The van der Waals surface area contributed by atoms with Gasteiger partial charge in [-0.15, -0.1) is 0 Å². The molecule has 0 radical (unpaired) electrons. The average Bonchev–Trinajstić information content (AvgIpc) is 3.58. The number of esters is 2. The van der Waals surface area contributed by atoms with E-state index in [0.29, 0.717) is 17.4 Å².